The number of rotatable bonds is 4. The average molecular weight is 521 g/mol. The molecule has 4 aromatic rings. The summed E-state index contributed by atoms with van der Waals surface area (Å²) in [5.41, 5.74) is 7.45. The largest absolute Gasteiger partial charge is 0.491 e. The van der Waals surface area contributed by atoms with Gasteiger partial charge >= 0.3 is 6.09 Å². The van der Waals surface area contributed by atoms with E-state index in [0.717, 1.165) is 17.5 Å². The highest BCUT2D eigenvalue weighted by molar-refractivity contribution is 5.90. The summed E-state index contributed by atoms with van der Waals surface area (Å²) in [6, 6.07) is 7.45. The van der Waals surface area contributed by atoms with Gasteiger partial charge in [0, 0.05) is 12.1 Å². The van der Waals surface area contributed by atoms with Gasteiger partial charge in [-0.25, -0.2) is 24.3 Å². The fraction of sp³-hybridized carbons (Fsp3) is 0.481. The molecule has 1 aromatic carbocycles. The van der Waals surface area contributed by atoms with Crippen LogP contribution in [0, 0.1) is 5.92 Å². The van der Waals surface area contributed by atoms with E-state index < -0.39 is 17.5 Å². The van der Waals surface area contributed by atoms with Crippen LogP contribution in [-0.4, -0.2) is 60.4 Å². The van der Waals surface area contributed by atoms with Gasteiger partial charge in [-0.15, -0.1) is 0 Å². The minimum atomic E-state index is -0.713. The van der Waals surface area contributed by atoms with Gasteiger partial charge in [-0.2, -0.15) is 0 Å². The van der Waals surface area contributed by atoms with Crippen LogP contribution in [0.5, 0.6) is 5.75 Å². The Kier molecular flexibility index (Phi) is 5.62. The van der Waals surface area contributed by atoms with Crippen molar-refractivity contribution in [1.29, 1.82) is 0 Å². The SMILES string of the molecule is CC(C)(C)OC(=O)n1cnc2c(OC[C@H]3C[C@@H](n4ccc5c(N)ncnc54)[C@@H]4OC(C)(C)O[C@H]34)cccc21. The molecule has 0 radical (unpaired) electrons. The summed E-state index contributed by atoms with van der Waals surface area (Å²) in [6.07, 6.45) is 4.88. The molecule has 1 saturated heterocycles. The summed E-state index contributed by atoms with van der Waals surface area (Å²) >= 11 is 0. The summed E-state index contributed by atoms with van der Waals surface area (Å²) < 4.78 is 28.1. The Labute approximate surface area is 219 Å². The molecular weight excluding hydrogens is 488 g/mol. The highest BCUT2D eigenvalue weighted by Crippen LogP contribution is 2.48. The number of carbonyl (C=O) groups is 1. The average Bonchev–Trinajstić information content (AvgIpc) is 3.58. The summed E-state index contributed by atoms with van der Waals surface area (Å²) in [4.78, 5) is 25.7. The zero-order valence-electron chi connectivity index (χ0n) is 22.1. The van der Waals surface area contributed by atoms with E-state index >= 15 is 0 Å². The van der Waals surface area contributed by atoms with Gasteiger partial charge in [0.1, 0.15) is 47.1 Å². The number of hydrogen-bond donors (Lipinski definition) is 1. The Balaban J connectivity index is 1.25. The van der Waals surface area contributed by atoms with Crippen molar-refractivity contribution in [1.82, 2.24) is 24.1 Å². The van der Waals surface area contributed by atoms with Crippen LogP contribution in [-0.2, 0) is 14.2 Å². The van der Waals surface area contributed by atoms with E-state index in [4.69, 9.17) is 24.7 Å². The first-order valence-electron chi connectivity index (χ1n) is 12.8. The van der Waals surface area contributed by atoms with Gasteiger partial charge in [-0.05, 0) is 59.2 Å². The molecule has 2 fully saturated rings. The van der Waals surface area contributed by atoms with E-state index in [2.05, 4.69) is 19.5 Å². The number of carbonyl (C=O) groups excluding carboxylic acids is 1. The van der Waals surface area contributed by atoms with Crippen molar-refractivity contribution >= 4 is 34.0 Å². The maximum atomic E-state index is 12.7. The molecule has 2 N–H and O–H groups in total. The van der Waals surface area contributed by atoms with Gasteiger partial charge in [-0.3, -0.25) is 0 Å². The van der Waals surface area contributed by atoms with E-state index in [1.165, 1.54) is 17.2 Å². The molecule has 11 heteroatoms. The molecule has 4 heterocycles. The number of para-hydroxylation sites is 1. The van der Waals surface area contributed by atoms with Crippen molar-refractivity contribution in [2.24, 2.45) is 5.92 Å². The summed E-state index contributed by atoms with van der Waals surface area (Å²) in [7, 11) is 0. The number of ether oxygens (including phenoxy) is 4. The fourth-order valence-electron chi connectivity index (χ4n) is 5.53. The van der Waals surface area contributed by atoms with Crippen LogP contribution in [0.2, 0.25) is 0 Å². The molecule has 2 aliphatic rings. The Hall–Kier alpha value is -3.70. The minimum absolute atomic E-state index is 0.00987. The van der Waals surface area contributed by atoms with Crippen molar-refractivity contribution in [2.45, 2.75) is 70.7 Å². The van der Waals surface area contributed by atoms with Crippen molar-refractivity contribution < 1.29 is 23.7 Å². The van der Waals surface area contributed by atoms with E-state index in [9.17, 15) is 4.79 Å². The number of nitrogens with two attached hydrogens (primary N) is 1. The summed E-state index contributed by atoms with van der Waals surface area (Å²) in [5, 5.41) is 0.814. The summed E-state index contributed by atoms with van der Waals surface area (Å²) in [6.45, 7) is 9.74. The van der Waals surface area contributed by atoms with Crippen molar-refractivity contribution in [2.75, 3.05) is 12.3 Å². The van der Waals surface area contributed by atoms with Crippen molar-refractivity contribution in [3.63, 3.8) is 0 Å². The van der Waals surface area contributed by atoms with Crippen LogP contribution in [0.1, 0.15) is 47.1 Å². The van der Waals surface area contributed by atoms with E-state index in [0.29, 0.717) is 29.2 Å². The number of fused-ring (bicyclic) bond motifs is 3. The number of hydrogen-bond acceptors (Lipinski definition) is 9. The molecule has 0 unspecified atom stereocenters. The Morgan fingerprint density at radius 2 is 1.95 bits per heavy atom. The second-order valence-corrected chi connectivity index (χ2v) is 11.4. The van der Waals surface area contributed by atoms with Gasteiger partial charge < -0.3 is 29.2 Å². The van der Waals surface area contributed by atoms with E-state index in [1.54, 1.807) is 0 Å². The Morgan fingerprint density at radius 1 is 1.16 bits per heavy atom. The second kappa shape index (κ2) is 8.67. The number of nitrogens with zero attached hydrogens (tertiary/aromatic N) is 5. The first-order valence-corrected chi connectivity index (χ1v) is 12.8. The molecule has 6 rings (SSSR count). The third-order valence-electron chi connectivity index (χ3n) is 7.03. The van der Waals surface area contributed by atoms with E-state index in [-0.39, 0.29) is 24.2 Å². The number of aromatic nitrogens is 5. The van der Waals surface area contributed by atoms with Crippen LogP contribution in [0.4, 0.5) is 10.6 Å². The molecule has 11 nitrogen and oxygen atoms in total. The fourth-order valence-corrected chi connectivity index (χ4v) is 5.53. The molecule has 1 aliphatic carbocycles. The van der Waals surface area contributed by atoms with Crippen LogP contribution in [0.25, 0.3) is 22.1 Å². The topological polar surface area (TPSA) is 129 Å². The van der Waals surface area contributed by atoms with E-state index in [1.807, 2.05) is 65.1 Å². The molecule has 38 heavy (non-hydrogen) atoms. The monoisotopic (exact) mass is 520 g/mol. The van der Waals surface area contributed by atoms with Crippen LogP contribution in [0.15, 0.2) is 43.1 Å². The third kappa shape index (κ3) is 4.25. The van der Waals surface area contributed by atoms with Gasteiger partial charge in [0.15, 0.2) is 5.79 Å². The van der Waals surface area contributed by atoms with Crippen LogP contribution < -0.4 is 10.5 Å². The predicted molar refractivity (Wildman–Crippen MR) is 140 cm³/mol. The molecule has 200 valence electrons. The van der Waals surface area contributed by atoms with Gasteiger partial charge in [-0.1, -0.05) is 6.07 Å². The number of imidazole rings is 1. The summed E-state index contributed by atoms with van der Waals surface area (Å²) in [5.74, 6) is 0.377. The first kappa shape index (κ1) is 24.6. The lowest BCUT2D eigenvalue weighted by molar-refractivity contribution is -0.161. The number of anilines is 1. The number of benzene rings is 1. The standard InChI is InChI=1S/C27H32N6O5/c1-26(2,3)38-25(34)33-14-31-20-17(33)7-6-8-19(20)35-12-15-11-18(22-21(15)36-27(4,5)37-22)32-10-9-16-23(28)29-13-30-24(16)32/h6-10,13-15,18,21-22H,11-12H2,1-5H3,(H2,28,29,30)/t15-,18-,21-,22+/m1/s1. The highest BCUT2D eigenvalue weighted by Gasteiger charge is 2.55. The normalized spacial score (nSPS) is 24.7. The van der Waals surface area contributed by atoms with Crippen molar-refractivity contribution in [3.05, 3.63) is 43.1 Å². The first-order chi connectivity index (χ1) is 18.0. The Bertz CT molecular complexity index is 1520. The van der Waals surface area contributed by atoms with Crippen LogP contribution >= 0.6 is 0 Å². The zero-order chi connectivity index (χ0) is 26.8. The predicted octanol–water partition coefficient (Wildman–Crippen LogP) is 4.31. The maximum Gasteiger partial charge on any atom is 0.420 e. The zero-order valence-corrected chi connectivity index (χ0v) is 22.1. The molecule has 4 atom stereocenters. The second-order valence-electron chi connectivity index (χ2n) is 11.4. The van der Waals surface area contributed by atoms with Crippen molar-refractivity contribution in [3.8, 4) is 5.75 Å². The lowest BCUT2D eigenvalue weighted by Crippen LogP contribution is -2.29. The molecule has 3 aromatic heterocycles. The highest BCUT2D eigenvalue weighted by atomic mass is 16.8. The Morgan fingerprint density at radius 3 is 2.74 bits per heavy atom. The smallest absolute Gasteiger partial charge is 0.420 e. The van der Waals surface area contributed by atoms with Gasteiger partial charge in [0.05, 0.1) is 29.7 Å². The number of nitrogen functional groups attached to an aromatic ring is 1. The molecular formula is C27H32N6O5. The molecule has 0 amide bonds. The molecule has 0 bridgehead atoms. The minimum Gasteiger partial charge on any atom is -0.491 e. The lowest BCUT2D eigenvalue weighted by Gasteiger charge is -2.24. The third-order valence-corrected chi connectivity index (χ3v) is 7.03. The van der Waals surface area contributed by atoms with Crippen LogP contribution in [0.3, 0.4) is 0 Å². The molecule has 1 saturated carbocycles. The lowest BCUT2D eigenvalue weighted by atomic mass is 10.1. The van der Waals surface area contributed by atoms with Gasteiger partial charge in [0.2, 0.25) is 0 Å². The molecule has 1 aliphatic heterocycles. The quantitative estimate of drug-likeness (QED) is 0.418. The van der Waals surface area contributed by atoms with Gasteiger partial charge in [0.25, 0.3) is 0 Å². The molecule has 0 spiro atoms. The maximum absolute atomic E-state index is 12.7.